The molecule has 4 rings (SSSR count). The lowest BCUT2D eigenvalue weighted by Crippen LogP contribution is -2.60. The van der Waals surface area contributed by atoms with Crippen LogP contribution in [-0.2, 0) is 21.2 Å². The Labute approximate surface area is 159 Å². The fourth-order valence-electron chi connectivity index (χ4n) is 4.25. The van der Waals surface area contributed by atoms with Gasteiger partial charge in [-0.25, -0.2) is 13.4 Å². The molecule has 27 heavy (non-hydrogen) atoms. The molecule has 0 N–H and O–H groups in total. The number of nitrogens with zero attached hydrogens (tertiary/aromatic N) is 4. The molecular formula is C19H24N4O3S. The second kappa shape index (κ2) is 7.09. The van der Waals surface area contributed by atoms with Crippen molar-refractivity contribution in [2.24, 2.45) is 0 Å². The van der Waals surface area contributed by atoms with Gasteiger partial charge in [-0.3, -0.25) is 9.69 Å². The molecule has 1 amide bonds. The molecule has 2 aliphatic rings. The zero-order chi connectivity index (χ0) is 19.0. The fourth-order valence-corrected chi connectivity index (χ4v) is 6.26. The van der Waals surface area contributed by atoms with Crippen molar-refractivity contribution < 1.29 is 13.2 Å². The molecule has 1 aromatic heterocycles. The Balaban J connectivity index is 1.55. The predicted molar refractivity (Wildman–Crippen MR) is 103 cm³/mol. The summed E-state index contributed by atoms with van der Waals surface area (Å²) in [4.78, 5) is 21.4. The summed E-state index contributed by atoms with van der Waals surface area (Å²) in [7, 11) is -3.11. The van der Waals surface area contributed by atoms with Crippen LogP contribution in [0.2, 0.25) is 0 Å². The molecule has 2 aromatic rings. The molecule has 1 aromatic carbocycles. The Morgan fingerprint density at radius 1 is 1.15 bits per heavy atom. The van der Waals surface area contributed by atoms with Crippen LogP contribution in [0, 0.1) is 0 Å². The van der Waals surface area contributed by atoms with Gasteiger partial charge >= 0.3 is 0 Å². The van der Waals surface area contributed by atoms with E-state index in [0.717, 1.165) is 17.9 Å². The van der Waals surface area contributed by atoms with E-state index in [-0.39, 0.29) is 36.0 Å². The van der Waals surface area contributed by atoms with E-state index in [2.05, 4.69) is 9.88 Å². The zero-order valence-corrected chi connectivity index (χ0v) is 16.2. The van der Waals surface area contributed by atoms with Crippen molar-refractivity contribution in [3.8, 4) is 11.4 Å². The van der Waals surface area contributed by atoms with Crippen LogP contribution < -0.4 is 0 Å². The third-order valence-corrected chi connectivity index (χ3v) is 7.27. The molecule has 0 unspecified atom stereocenters. The fraction of sp³-hybridized carbons (Fsp3) is 0.474. The lowest BCUT2D eigenvalue weighted by atomic mass is 10.0. The lowest BCUT2D eigenvalue weighted by molar-refractivity contribution is -0.137. The van der Waals surface area contributed by atoms with Gasteiger partial charge < -0.3 is 9.47 Å². The molecule has 7 nitrogen and oxygen atoms in total. The van der Waals surface area contributed by atoms with E-state index in [1.54, 1.807) is 17.3 Å². The van der Waals surface area contributed by atoms with Crippen molar-refractivity contribution in [3.63, 3.8) is 0 Å². The van der Waals surface area contributed by atoms with E-state index in [4.69, 9.17) is 0 Å². The third-order valence-electron chi connectivity index (χ3n) is 5.57. The number of hydrogen-bond donors (Lipinski definition) is 0. The van der Waals surface area contributed by atoms with Crippen LogP contribution in [0.5, 0.6) is 0 Å². The molecule has 2 atom stereocenters. The maximum absolute atomic E-state index is 13.1. The summed E-state index contributed by atoms with van der Waals surface area (Å²) in [6.45, 7) is 4.29. The lowest BCUT2D eigenvalue weighted by Gasteiger charge is -2.43. The molecule has 0 saturated carbocycles. The molecule has 144 valence electrons. The standard InChI is InChI=1S/C19H24N4O3S/c1-2-21-10-11-23(17-14-27(25,26)13-16(17)21)18(24)12-22-9-8-20-19(22)15-6-4-3-5-7-15/h3-9,16-17H,2,10-14H2,1H3/t16-,17+/m1/s1. The monoisotopic (exact) mass is 388 g/mol. The Kier molecular flexibility index (Phi) is 4.77. The second-order valence-electron chi connectivity index (χ2n) is 7.17. The van der Waals surface area contributed by atoms with Crippen LogP contribution in [0.1, 0.15) is 6.92 Å². The van der Waals surface area contributed by atoms with Gasteiger partial charge in [0.05, 0.1) is 17.5 Å². The summed E-state index contributed by atoms with van der Waals surface area (Å²) < 4.78 is 26.2. The summed E-state index contributed by atoms with van der Waals surface area (Å²) in [5.74, 6) is 0.908. The quantitative estimate of drug-likeness (QED) is 0.777. The van der Waals surface area contributed by atoms with Crippen molar-refractivity contribution in [1.29, 1.82) is 0 Å². The van der Waals surface area contributed by atoms with Crippen LogP contribution in [0.15, 0.2) is 42.7 Å². The summed E-state index contributed by atoms with van der Waals surface area (Å²) >= 11 is 0. The van der Waals surface area contributed by atoms with Gasteiger partial charge in [0.1, 0.15) is 12.4 Å². The van der Waals surface area contributed by atoms with E-state index >= 15 is 0 Å². The number of rotatable bonds is 4. The highest BCUT2D eigenvalue weighted by Crippen LogP contribution is 2.27. The molecule has 2 aliphatic heterocycles. The average molecular weight is 388 g/mol. The van der Waals surface area contributed by atoms with Gasteiger partial charge in [0.25, 0.3) is 0 Å². The van der Waals surface area contributed by atoms with Gasteiger partial charge in [-0.1, -0.05) is 37.3 Å². The van der Waals surface area contributed by atoms with Gasteiger partial charge in [-0.15, -0.1) is 0 Å². The van der Waals surface area contributed by atoms with E-state index in [1.165, 1.54) is 0 Å². The first-order valence-corrected chi connectivity index (χ1v) is 11.1. The van der Waals surface area contributed by atoms with Crippen LogP contribution in [-0.4, -0.2) is 76.9 Å². The minimum atomic E-state index is -3.11. The first-order valence-electron chi connectivity index (χ1n) is 9.29. The van der Waals surface area contributed by atoms with E-state index in [1.807, 2.05) is 41.8 Å². The number of likely N-dealkylation sites (N-methyl/N-ethyl adjacent to an activating group) is 1. The Hall–Kier alpha value is -2.19. The first-order chi connectivity index (χ1) is 13.0. The van der Waals surface area contributed by atoms with Crippen LogP contribution >= 0.6 is 0 Å². The van der Waals surface area contributed by atoms with Crippen LogP contribution in [0.3, 0.4) is 0 Å². The molecule has 0 radical (unpaired) electrons. The van der Waals surface area contributed by atoms with E-state index in [9.17, 15) is 13.2 Å². The Morgan fingerprint density at radius 3 is 2.63 bits per heavy atom. The second-order valence-corrected chi connectivity index (χ2v) is 9.33. The highest BCUT2D eigenvalue weighted by atomic mass is 32.2. The van der Waals surface area contributed by atoms with Gasteiger partial charge in [-0.2, -0.15) is 0 Å². The van der Waals surface area contributed by atoms with E-state index in [0.29, 0.717) is 13.1 Å². The smallest absolute Gasteiger partial charge is 0.242 e. The number of carbonyl (C=O) groups is 1. The average Bonchev–Trinajstić information content (AvgIpc) is 3.24. The first kappa shape index (κ1) is 18.2. The molecule has 0 bridgehead atoms. The number of imidazole rings is 1. The van der Waals surface area contributed by atoms with Crippen LogP contribution in [0.4, 0.5) is 0 Å². The highest BCUT2D eigenvalue weighted by Gasteiger charge is 2.47. The minimum absolute atomic E-state index is 0.0481. The Bertz CT molecular complexity index is 925. The van der Waals surface area contributed by atoms with Crippen molar-refractivity contribution >= 4 is 15.7 Å². The number of amides is 1. The van der Waals surface area contributed by atoms with Crippen molar-refractivity contribution in [1.82, 2.24) is 19.4 Å². The van der Waals surface area contributed by atoms with E-state index < -0.39 is 9.84 Å². The number of hydrogen-bond acceptors (Lipinski definition) is 5. The Morgan fingerprint density at radius 2 is 1.89 bits per heavy atom. The van der Waals surface area contributed by atoms with Gasteiger partial charge in [0.2, 0.25) is 5.91 Å². The molecule has 0 aliphatic carbocycles. The molecule has 2 saturated heterocycles. The zero-order valence-electron chi connectivity index (χ0n) is 15.4. The van der Waals surface area contributed by atoms with Gasteiger partial charge in [0, 0.05) is 37.1 Å². The maximum Gasteiger partial charge on any atom is 0.242 e. The maximum atomic E-state index is 13.1. The molecule has 3 heterocycles. The molecule has 8 heteroatoms. The number of fused-ring (bicyclic) bond motifs is 1. The molecule has 2 fully saturated rings. The topological polar surface area (TPSA) is 75.5 Å². The van der Waals surface area contributed by atoms with Crippen LogP contribution in [0.25, 0.3) is 11.4 Å². The summed E-state index contributed by atoms with van der Waals surface area (Å²) in [5, 5.41) is 0. The number of sulfone groups is 1. The number of aromatic nitrogens is 2. The highest BCUT2D eigenvalue weighted by molar-refractivity contribution is 7.91. The molecule has 0 spiro atoms. The summed E-state index contributed by atoms with van der Waals surface area (Å²) in [6, 6.07) is 9.40. The minimum Gasteiger partial charge on any atom is -0.334 e. The third kappa shape index (κ3) is 3.51. The molecular weight excluding hydrogens is 364 g/mol. The number of piperazine rings is 1. The van der Waals surface area contributed by atoms with Gasteiger partial charge in [-0.05, 0) is 6.54 Å². The van der Waals surface area contributed by atoms with Crippen molar-refractivity contribution in [2.45, 2.75) is 25.6 Å². The summed E-state index contributed by atoms with van der Waals surface area (Å²) in [6.07, 6.45) is 3.48. The normalized spacial score (nSPS) is 24.7. The number of carbonyl (C=O) groups excluding carboxylic acids is 1. The number of benzene rings is 1. The van der Waals surface area contributed by atoms with Crippen molar-refractivity contribution in [3.05, 3.63) is 42.7 Å². The van der Waals surface area contributed by atoms with Crippen molar-refractivity contribution in [2.75, 3.05) is 31.1 Å². The summed E-state index contributed by atoms with van der Waals surface area (Å²) in [5.41, 5.74) is 0.951. The van der Waals surface area contributed by atoms with Gasteiger partial charge in [0.15, 0.2) is 9.84 Å². The SMILES string of the molecule is CCN1CCN(C(=O)Cn2ccnc2-c2ccccc2)[C@H]2CS(=O)(=O)C[C@H]21. The largest absolute Gasteiger partial charge is 0.334 e. The predicted octanol–water partition coefficient (Wildman–Crippen LogP) is 0.880.